The lowest BCUT2D eigenvalue weighted by atomic mass is 10.2. The van der Waals surface area contributed by atoms with Gasteiger partial charge in [-0.2, -0.15) is 17.9 Å². The third-order valence-corrected chi connectivity index (χ3v) is 5.45. The van der Waals surface area contributed by atoms with Crippen LogP contribution in [0.3, 0.4) is 0 Å². The highest BCUT2D eigenvalue weighted by atomic mass is 32.2. The van der Waals surface area contributed by atoms with E-state index in [0.29, 0.717) is 16.6 Å². The molecule has 0 radical (unpaired) electrons. The average molecular weight is 415 g/mol. The highest BCUT2D eigenvalue weighted by Gasteiger charge is 2.40. The van der Waals surface area contributed by atoms with E-state index < -0.39 is 24.7 Å². The molecule has 0 N–H and O–H groups in total. The van der Waals surface area contributed by atoms with Crippen LogP contribution in [0.2, 0.25) is 0 Å². The van der Waals surface area contributed by atoms with Gasteiger partial charge in [0.25, 0.3) is 0 Å². The Balaban J connectivity index is 1.72. The number of nitrogens with zero attached hydrogens (tertiary/aromatic N) is 5. The number of hydrogen-bond donors (Lipinski definition) is 0. The molecule has 0 unspecified atom stereocenters. The van der Waals surface area contributed by atoms with Crippen LogP contribution in [0.25, 0.3) is 5.69 Å². The van der Waals surface area contributed by atoms with Crippen molar-refractivity contribution < 1.29 is 22.7 Å². The number of carbonyl (C=O) groups excluding carboxylic acids is 1. The number of ether oxygens (including phenoxy) is 1. The summed E-state index contributed by atoms with van der Waals surface area (Å²) in [7, 11) is 1.51. The second kappa shape index (κ2) is 8.38. The van der Waals surface area contributed by atoms with E-state index in [1.54, 1.807) is 31.2 Å². The summed E-state index contributed by atoms with van der Waals surface area (Å²) < 4.78 is 45.5. The van der Waals surface area contributed by atoms with Gasteiger partial charge in [0.15, 0.2) is 0 Å². The second-order valence-electron chi connectivity index (χ2n) is 6.55. The van der Waals surface area contributed by atoms with Crippen LogP contribution in [-0.2, 0) is 4.79 Å². The van der Waals surface area contributed by atoms with Crippen LogP contribution in [0.1, 0.15) is 19.8 Å². The zero-order valence-corrected chi connectivity index (χ0v) is 16.2. The smallest absolute Gasteiger partial charge is 0.406 e. The number of amides is 1. The molecule has 28 heavy (non-hydrogen) atoms. The summed E-state index contributed by atoms with van der Waals surface area (Å²) in [5, 5.41) is 11.7. The predicted octanol–water partition coefficient (Wildman–Crippen LogP) is 2.95. The Labute approximate surface area is 164 Å². The van der Waals surface area contributed by atoms with Gasteiger partial charge in [0, 0.05) is 6.04 Å². The van der Waals surface area contributed by atoms with Crippen molar-refractivity contribution in [1.29, 1.82) is 0 Å². The highest BCUT2D eigenvalue weighted by Crippen LogP contribution is 2.36. The largest absolute Gasteiger partial charge is 0.494 e. The molecular formula is C17H20F3N5O2S. The first-order chi connectivity index (χ1) is 13.3. The first kappa shape index (κ1) is 20.4. The molecule has 0 spiro atoms. The van der Waals surface area contributed by atoms with Gasteiger partial charge in [-0.3, -0.25) is 4.79 Å². The van der Waals surface area contributed by atoms with Crippen LogP contribution in [0.4, 0.5) is 13.2 Å². The lowest BCUT2D eigenvalue weighted by Crippen LogP contribution is -2.46. The molecule has 1 aromatic carbocycles. The summed E-state index contributed by atoms with van der Waals surface area (Å²) in [6, 6.07) is 6.60. The number of benzene rings is 1. The number of thioether (sulfide) groups is 1. The number of methoxy groups -OCH3 is 1. The Morgan fingerprint density at radius 1 is 1.39 bits per heavy atom. The van der Waals surface area contributed by atoms with E-state index in [0.717, 1.165) is 29.5 Å². The van der Waals surface area contributed by atoms with Crippen LogP contribution in [0.15, 0.2) is 29.4 Å². The zero-order valence-electron chi connectivity index (χ0n) is 15.4. The molecule has 1 aliphatic carbocycles. The predicted molar refractivity (Wildman–Crippen MR) is 96.4 cm³/mol. The van der Waals surface area contributed by atoms with E-state index in [2.05, 4.69) is 15.5 Å². The lowest BCUT2D eigenvalue weighted by Gasteiger charge is -2.30. The maximum Gasteiger partial charge on any atom is 0.406 e. The van der Waals surface area contributed by atoms with E-state index in [9.17, 15) is 18.0 Å². The van der Waals surface area contributed by atoms with Crippen LogP contribution >= 0.6 is 11.8 Å². The molecule has 3 rings (SSSR count). The molecule has 152 valence electrons. The molecule has 1 fully saturated rings. The molecule has 11 heteroatoms. The lowest BCUT2D eigenvalue weighted by molar-refractivity contribution is -0.164. The van der Waals surface area contributed by atoms with Gasteiger partial charge < -0.3 is 9.64 Å². The summed E-state index contributed by atoms with van der Waals surface area (Å²) in [6.45, 7) is 0.423. The summed E-state index contributed by atoms with van der Waals surface area (Å²) in [4.78, 5) is 13.5. The summed E-state index contributed by atoms with van der Waals surface area (Å²) >= 11 is 0.992. The molecule has 1 aromatic heterocycles. The Morgan fingerprint density at radius 3 is 2.75 bits per heavy atom. The Morgan fingerprint density at radius 2 is 2.11 bits per heavy atom. The molecule has 7 nitrogen and oxygen atoms in total. The minimum absolute atomic E-state index is 0.134. The van der Waals surface area contributed by atoms with Crippen LogP contribution in [-0.4, -0.2) is 62.6 Å². The van der Waals surface area contributed by atoms with Crippen molar-refractivity contribution in [2.24, 2.45) is 5.92 Å². The van der Waals surface area contributed by atoms with E-state index in [1.807, 2.05) is 0 Å². The van der Waals surface area contributed by atoms with E-state index in [4.69, 9.17) is 4.74 Å². The van der Waals surface area contributed by atoms with Crippen molar-refractivity contribution >= 4 is 17.7 Å². The number of carbonyl (C=O) groups is 1. The fourth-order valence-corrected chi connectivity index (χ4v) is 3.69. The maximum absolute atomic E-state index is 12.9. The van der Waals surface area contributed by atoms with Gasteiger partial charge >= 0.3 is 6.18 Å². The van der Waals surface area contributed by atoms with E-state index in [-0.39, 0.29) is 11.7 Å². The van der Waals surface area contributed by atoms with Gasteiger partial charge in [-0.1, -0.05) is 23.9 Å². The van der Waals surface area contributed by atoms with Crippen molar-refractivity contribution in [3.05, 3.63) is 24.3 Å². The monoisotopic (exact) mass is 415 g/mol. The molecule has 0 aliphatic heterocycles. The number of tetrazole rings is 1. The Kier molecular flexibility index (Phi) is 6.11. The molecule has 2 aromatic rings. The van der Waals surface area contributed by atoms with Crippen molar-refractivity contribution in [3.63, 3.8) is 0 Å². The molecule has 1 saturated carbocycles. The summed E-state index contributed by atoms with van der Waals surface area (Å²) in [5.74, 6) is -0.113. The molecular weight excluding hydrogens is 395 g/mol. The summed E-state index contributed by atoms with van der Waals surface area (Å²) in [6.07, 6.45) is -2.74. The first-order valence-corrected chi connectivity index (χ1v) is 9.69. The number of halogens is 3. The number of aromatic nitrogens is 4. The van der Waals surface area contributed by atoms with Crippen molar-refractivity contribution in [2.75, 3.05) is 19.4 Å². The van der Waals surface area contributed by atoms with Gasteiger partial charge in [-0.25, -0.2) is 0 Å². The van der Waals surface area contributed by atoms with Gasteiger partial charge in [0.1, 0.15) is 18.0 Å². The van der Waals surface area contributed by atoms with E-state index >= 15 is 0 Å². The van der Waals surface area contributed by atoms with Crippen molar-refractivity contribution in [3.8, 4) is 11.4 Å². The molecule has 1 amide bonds. The van der Waals surface area contributed by atoms with Gasteiger partial charge in [-0.15, -0.1) is 5.10 Å². The van der Waals surface area contributed by atoms with Crippen molar-refractivity contribution in [1.82, 2.24) is 25.1 Å². The third-order valence-electron chi connectivity index (χ3n) is 4.54. The topological polar surface area (TPSA) is 73.1 Å². The number of para-hydroxylation sites is 2. The van der Waals surface area contributed by atoms with Gasteiger partial charge in [0.05, 0.1) is 12.9 Å². The molecule has 0 saturated heterocycles. The maximum atomic E-state index is 12.9. The Bertz CT molecular complexity index is 825. The quantitative estimate of drug-likeness (QED) is 0.618. The SMILES string of the molecule is COc1ccccc1-n1nnnc1SCC(=O)N(CC(F)(F)F)[C@H](C)C1CC1. The third kappa shape index (κ3) is 4.94. The van der Waals surface area contributed by atoms with Crippen LogP contribution in [0.5, 0.6) is 5.75 Å². The van der Waals surface area contributed by atoms with Gasteiger partial charge in [-0.05, 0) is 48.2 Å². The highest BCUT2D eigenvalue weighted by molar-refractivity contribution is 7.99. The molecule has 1 heterocycles. The molecule has 1 aliphatic rings. The number of rotatable bonds is 8. The molecule has 1 atom stereocenters. The fraction of sp³-hybridized carbons (Fsp3) is 0.529. The van der Waals surface area contributed by atoms with E-state index in [1.165, 1.54) is 11.8 Å². The van der Waals surface area contributed by atoms with Crippen LogP contribution in [0, 0.1) is 5.92 Å². The number of hydrogen-bond acceptors (Lipinski definition) is 6. The van der Waals surface area contributed by atoms with Crippen LogP contribution < -0.4 is 4.74 Å². The fourth-order valence-electron chi connectivity index (χ4n) is 2.92. The minimum atomic E-state index is -4.44. The standard InChI is InChI=1S/C17H20F3N5O2S/c1-11(12-7-8-12)24(10-17(18,19)20)15(26)9-28-16-21-22-23-25(16)13-5-3-4-6-14(13)27-2/h3-6,11-12H,7-10H2,1-2H3/t11-/m1/s1. The van der Waals surface area contributed by atoms with Crippen molar-refractivity contribution in [2.45, 2.75) is 37.1 Å². The van der Waals surface area contributed by atoms with Gasteiger partial charge in [0.2, 0.25) is 11.1 Å². The first-order valence-electron chi connectivity index (χ1n) is 8.71. The number of alkyl halides is 3. The molecule has 0 bridgehead atoms. The minimum Gasteiger partial charge on any atom is -0.494 e. The Hall–Kier alpha value is -2.30. The summed E-state index contributed by atoms with van der Waals surface area (Å²) in [5.41, 5.74) is 0.573. The normalized spacial score (nSPS) is 15.3. The average Bonchev–Trinajstić information content (AvgIpc) is 3.41. The second-order valence-corrected chi connectivity index (χ2v) is 7.49. The zero-order chi connectivity index (χ0) is 20.3.